The van der Waals surface area contributed by atoms with Crippen LogP contribution in [0, 0.1) is 11.6 Å². The third-order valence-corrected chi connectivity index (χ3v) is 4.94. The van der Waals surface area contributed by atoms with Crippen LogP contribution in [0.2, 0.25) is 0 Å². The fourth-order valence-corrected chi connectivity index (χ4v) is 3.48. The van der Waals surface area contributed by atoms with Gasteiger partial charge in [-0.3, -0.25) is 19.3 Å². The van der Waals surface area contributed by atoms with Crippen LogP contribution in [-0.2, 0) is 4.79 Å². The predicted octanol–water partition coefficient (Wildman–Crippen LogP) is 3.12. The van der Waals surface area contributed by atoms with Crippen molar-refractivity contribution in [3.63, 3.8) is 0 Å². The average Bonchev–Trinajstić information content (AvgIpc) is 3.19. The lowest BCUT2D eigenvalue weighted by molar-refractivity contribution is -0.113. The Morgan fingerprint density at radius 3 is 2.69 bits per heavy atom. The monoisotopic (exact) mass is 413 g/mol. The molecule has 0 aliphatic rings. The summed E-state index contributed by atoms with van der Waals surface area (Å²) < 4.78 is 27.7. The Kier molecular flexibility index (Phi) is 5.09. The van der Waals surface area contributed by atoms with E-state index in [1.165, 1.54) is 16.8 Å². The van der Waals surface area contributed by atoms with E-state index in [1.807, 2.05) is 6.07 Å². The first-order valence-electron chi connectivity index (χ1n) is 8.42. The van der Waals surface area contributed by atoms with E-state index < -0.39 is 17.5 Å². The summed E-state index contributed by atoms with van der Waals surface area (Å²) >= 11 is 1.03. The van der Waals surface area contributed by atoms with Crippen LogP contribution in [0.25, 0.3) is 16.7 Å². The van der Waals surface area contributed by atoms with Gasteiger partial charge in [-0.1, -0.05) is 30.0 Å². The summed E-state index contributed by atoms with van der Waals surface area (Å²) in [5.41, 5.74) is 0.715. The number of para-hydroxylation sites is 1. The smallest absolute Gasteiger partial charge is 0.269 e. The van der Waals surface area contributed by atoms with Gasteiger partial charge in [0.05, 0.1) is 17.6 Å². The zero-order valence-corrected chi connectivity index (χ0v) is 15.5. The minimum Gasteiger partial charge on any atom is -0.325 e. The third-order valence-electron chi connectivity index (χ3n) is 4.00. The van der Waals surface area contributed by atoms with Gasteiger partial charge < -0.3 is 5.32 Å². The number of hydrogen-bond donors (Lipinski definition) is 2. The van der Waals surface area contributed by atoms with Crippen molar-refractivity contribution in [1.29, 1.82) is 0 Å². The summed E-state index contributed by atoms with van der Waals surface area (Å²) in [5.74, 6) is -2.61. The van der Waals surface area contributed by atoms with E-state index in [9.17, 15) is 18.4 Å². The standard InChI is InChI=1S/C19H13F2N5O2S/c20-14-7-6-11(8-15(14)21)23-16(27)10-29-19-24-17-13(9-22-25-17)18(28)26(19)12-4-2-1-3-5-12/h1-9H,10H2,(H,22,25)(H,23,27). The Morgan fingerprint density at radius 1 is 1.14 bits per heavy atom. The minimum atomic E-state index is -1.06. The van der Waals surface area contributed by atoms with Crippen LogP contribution in [0.1, 0.15) is 0 Å². The van der Waals surface area contributed by atoms with E-state index in [4.69, 9.17) is 0 Å². The number of carbonyl (C=O) groups excluding carboxylic acids is 1. The number of benzene rings is 2. The Bertz CT molecular complexity index is 1260. The van der Waals surface area contributed by atoms with E-state index >= 15 is 0 Å². The maximum absolute atomic E-state index is 13.3. The molecular weight excluding hydrogens is 400 g/mol. The highest BCUT2D eigenvalue weighted by atomic mass is 32.2. The van der Waals surface area contributed by atoms with Crippen molar-refractivity contribution in [2.45, 2.75) is 5.16 Å². The van der Waals surface area contributed by atoms with Crippen molar-refractivity contribution >= 4 is 34.4 Å². The number of anilines is 1. The van der Waals surface area contributed by atoms with Gasteiger partial charge in [-0.25, -0.2) is 13.8 Å². The van der Waals surface area contributed by atoms with E-state index in [-0.39, 0.29) is 17.0 Å². The Morgan fingerprint density at radius 2 is 1.93 bits per heavy atom. The number of hydrogen-bond acceptors (Lipinski definition) is 5. The summed E-state index contributed by atoms with van der Waals surface area (Å²) in [5, 5.41) is 9.60. The zero-order chi connectivity index (χ0) is 20.4. The lowest BCUT2D eigenvalue weighted by Crippen LogP contribution is -2.22. The first-order chi connectivity index (χ1) is 14.0. The number of rotatable bonds is 5. The maximum Gasteiger partial charge on any atom is 0.269 e. The lowest BCUT2D eigenvalue weighted by Gasteiger charge is -2.12. The highest BCUT2D eigenvalue weighted by Gasteiger charge is 2.16. The molecule has 0 saturated carbocycles. The van der Waals surface area contributed by atoms with Gasteiger partial charge >= 0.3 is 0 Å². The summed E-state index contributed by atoms with van der Waals surface area (Å²) in [6.07, 6.45) is 1.40. The number of carbonyl (C=O) groups is 1. The van der Waals surface area contributed by atoms with Crippen LogP contribution >= 0.6 is 11.8 Å². The molecule has 2 N–H and O–H groups in total. The van der Waals surface area contributed by atoms with Crippen LogP contribution < -0.4 is 10.9 Å². The van der Waals surface area contributed by atoms with Crippen LogP contribution in [0.15, 0.2) is 64.7 Å². The Hall–Kier alpha value is -3.53. The predicted molar refractivity (Wildman–Crippen MR) is 105 cm³/mol. The Balaban J connectivity index is 1.61. The average molecular weight is 413 g/mol. The number of halogens is 2. The lowest BCUT2D eigenvalue weighted by atomic mass is 10.3. The van der Waals surface area contributed by atoms with Crippen molar-refractivity contribution in [1.82, 2.24) is 19.7 Å². The van der Waals surface area contributed by atoms with Gasteiger partial charge in [0.15, 0.2) is 22.4 Å². The largest absolute Gasteiger partial charge is 0.325 e. The second kappa shape index (κ2) is 7.84. The number of aromatic nitrogens is 4. The van der Waals surface area contributed by atoms with Crippen LogP contribution in [0.5, 0.6) is 0 Å². The van der Waals surface area contributed by atoms with E-state index in [2.05, 4.69) is 20.5 Å². The normalized spacial score (nSPS) is 11.0. The van der Waals surface area contributed by atoms with Gasteiger partial charge in [0, 0.05) is 11.8 Å². The molecule has 0 radical (unpaired) electrons. The fourth-order valence-electron chi connectivity index (χ4n) is 2.68. The van der Waals surface area contributed by atoms with Gasteiger partial charge in [-0.15, -0.1) is 0 Å². The van der Waals surface area contributed by atoms with Gasteiger partial charge in [-0.2, -0.15) is 5.10 Å². The van der Waals surface area contributed by atoms with E-state index in [0.29, 0.717) is 21.9 Å². The number of fused-ring (bicyclic) bond motifs is 1. The molecule has 0 aliphatic carbocycles. The van der Waals surface area contributed by atoms with E-state index in [0.717, 1.165) is 23.9 Å². The molecule has 7 nitrogen and oxygen atoms in total. The van der Waals surface area contributed by atoms with Gasteiger partial charge in [0.25, 0.3) is 5.56 Å². The van der Waals surface area contributed by atoms with Crippen molar-refractivity contribution in [2.75, 3.05) is 11.1 Å². The quantitative estimate of drug-likeness (QED) is 0.387. The molecule has 0 atom stereocenters. The van der Waals surface area contributed by atoms with E-state index in [1.54, 1.807) is 24.3 Å². The summed E-state index contributed by atoms with van der Waals surface area (Å²) in [4.78, 5) is 29.5. The van der Waals surface area contributed by atoms with Gasteiger partial charge in [0.1, 0.15) is 5.39 Å². The second-order valence-corrected chi connectivity index (χ2v) is 6.91. The third kappa shape index (κ3) is 3.87. The Labute approximate surface area is 166 Å². The molecule has 0 unspecified atom stereocenters. The number of aromatic amines is 1. The van der Waals surface area contributed by atoms with Crippen molar-refractivity contribution in [3.8, 4) is 5.69 Å². The molecule has 0 bridgehead atoms. The number of nitrogens with zero attached hydrogens (tertiary/aromatic N) is 3. The molecule has 146 valence electrons. The van der Waals surface area contributed by atoms with Crippen molar-refractivity contribution in [3.05, 3.63) is 76.7 Å². The summed E-state index contributed by atoms with van der Waals surface area (Å²) in [6, 6.07) is 12.0. The molecule has 1 amide bonds. The molecule has 0 saturated heterocycles. The first-order valence-corrected chi connectivity index (χ1v) is 9.41. The maximum atomic E-state index is 13.3. The molecule has 4 aromatic rings. The minimum absolute atomic E-state index is 0.0993. The zero-order valence-electron chi connectivity index (χ0n) is 14.7. The van der Waals surface area contributed by atoms with Crippen LogP contribution in [0.3, 0.4) is 0 Å². The molecule has 2 heterocycles. The summed E-state index contributed by atoms with van der Waals surface area (Å²) in [6.45, 7) is 0. The number of H-pyrrole nitrogens is 1. The second-order valence-electron chi connectivity index (χ2n) is 5.97. The molecule has 10 heteroatoms. The fraction of sp³-hybridized carbons (Fsp3) is 0.0526. The molecule has 0 spiro atoms. The van der Waals surface area contributed by atoms with Crippen LogP contribution in [0.4, 0.5) is 14.5 Å². The number of thioether (sulfide) groups is 1. The number of nitrogens with one attached hydrogen (secondary N) is 2. The molecular formula is C19H13F2N5O2S. The van der Waals surface area contributed by atoms with Gasteiger partial charge in [-0.05, 0) is 24.3 Å². The highest BCUT2D eigenvalue weighted by Crippen LogP contribution is 2.21. The first kappa shape index (κ1) is 18.8. The molecule has 2 aromatic heterocycles. The highest BCUT2D eigenvalue weighted by molar-refractivity contribution is 7.99. The van der Waals surface area contributed by atoms with Crippen molar-refractivity contribution in [2.24, 2.45) is 0 Å². The number of amides is 1. The SMILES string of the molecule is O=C(CSc1nc2[nH]ncc2c(=O)n1-c1ccccc1)Nc1ccc(F)c(F)c1. The van der Waals surface area contributed by atoms with Gasteiger partial charge in [0.2, 0.25) is 5.91 Å². The molecule has 4 rings (SSSR count). The molecule has 2 aromatic carbocycles. The van der Waals surface area contributed by atoms with Crippen LogP contribution in [-0.4, -0.2) is 31.4 Å². The molecule has 0 fully saturated rings. The topological polar surface area (TPSA) is 92.7 Å². The van der Waals surface area contributed by atoms with Crippen molar-refractivity contribution < 1.29 is 13.6 Å². The molecule has 0 aliphatic heterocycles. The molecule has 29 heavy (non-hydrogen) atoms. The summed E-state index contributed by atoms with van der Waals surface area (Å²) in [7, 11) is 0.